The molecule has 2 nitrogen and oxygen atoms in total. The Bertz CT molecular complexity index is 4360. The molecule has 0 N–H and O–H groups in total. The fourth-order valence-corrected chi connectivity index (χ4v) is 11.3. The molecule has 0 bridgehead atoms. The third-order valence-corrected chi connectivity index (χ3v) is 14.3. The van der Waals surface area contributed by atoms with Crippen molar-refractivity contribution in [2.75, 3.05) is 0 Å². The molecule has 14 aromatic rings. The summed E-state index contributed by atoms with van der Waals surface area (Å²) in [6.45, 7) is 7.40. The molecule has 0 saturated heterocycles. The van der Waals surface area contributed by atoms with E-state index in [2.05, 4.69) is 216 Å². The number of fused-ring (bicyclic) bond motifs is 14. The first kappa shape index (κ1) is 37.4. The van der Waals surface area contributed by atoms with Crippen molar-refractivity contribution in [2.24, 2.45) is 0 Å². The van der Waals surface area contributed by atoms with E-state index in [0.717, 1.165) is 16.8 Å². The van der Waals surface area contributed by atoms with Gasteiger partial charge in [0.25, 0.3) is 0 Å². The summed E-state index contributed by atoms with van der Waals surface area (Å²) in [4.78, 5) is 3.59. The fraction of sp³-hybridized carbons (Fsp3) is 0. The Balaban J connectivity index is 1.01. The number of hydrogen-bond donors (Lipinski definition) is 0. The molecule has 0 atom stereocenters. The smallest absolute Gasteiger partial charge is 0.187 e. The zero-order valence-electron chi connectivity index (χ0n) is 36.3. The van der Waals surface area contributed by atoms with Crippen LogP contribution in [0.3, 0.4) is 0 Å². The van der Waals surface area contributed by atoms with Crippen molar-refractivity contribution in [2.45, 2.75) is 0 Å². The summed E-state index contributed by atoms with van der Waals surface area (Å²) < 4.78 is 2.50. The van der Waals surface area contributed by atoms with Crippen LogP contribution in [0.5, 0.6) is 0 Å². The number of aromatic nitrogens is 1. The Hall–Kier alpha value is -9.03. The molecule has 0 unspecified atom stereocenters. The Kier molecular flexibility index (Phi) is 8.08. The lowest BCUT2D eigenvalue weighted by Gasteiger charge is -2.19. The molecule has 13 aromatic carbocycles. The van der Waals surface area contributed by atoms with E-state index < -0.39 is 0 Å². The Morgan fingerprint density at radius 2 is 0.791 bits per heavy atom. The van der Waals surface area contributed by atoms with Crippen LogP contribution in [0.25, 0.3) is 141 Å². The van der Waals surface area contributed by atoms with Gasteiger partial charge in [0, 0.05) is 21.8 Å². The quantitative estimate of drug-likeness (QED) is 0.0948. The van der Waals surface area contributed by atoms with Gasteiger partial charge >= 0.3 is 0 Å². The molecule has 308 valence electrons. The molecule has 67 heavy (non-hydrogen) atoms. The monoisotopic (exact) mass is 846 g/mol. The third-order valence-electron chi connectivity index (χ3n) is 14.3. The molecular weight excluding hydrogens is 809 g/mol. The summed E-state index contributed by atoms with van der Waals surface area (Å²) >= 11 is 0. The highest BCUT2D eigenvalue weighted by atomic mass is 15.0. The molecule has 0 amide bonds. The van der Waals surface area contributed by atoms with Gasteiger partial charge in [-0.15, -0.1) is 0 Å². The highest BCUT2D eigenvalue weighted by Crippen LogP contribution is 2.48. The number of hydrogen-bond acceptors (Lipinski definition) is 0. The lowest BCUT2D eigenvalue weighted by atomic mass is 9.84. The molecule has 0 saturated carbocycles. The second-order valence-corrected chi connectivity index (χ2v) is 17.9. The molecular formula is C65H38N2. The van der Waals surface area contributed by atoms with E-state index >= 15 is 0 Å². The summed E-state index contributed by atoms with van der Waals surface area (Å²) in [6.07, 6.45) is 0. The third kappa shape index (κ3) is 5.62. The van der Waals surface area contributed by atoms with E-state index in [9.17, 15) is 0 Å². The maximum absolute atomic E-state index is 7.40. The molecule has 1 aromatic heterocycles. The Morgan fingerprint density at radius 3 is 1.48 bits per heavy atom. The van der Waals surface area contributed by atoms with E-state index in [1.54, 1.807) is 0 Å². The summed E-state index contributed by atoms with van der Waals surface area (Å²) in [5, 5.41) is 19.8. The molecule has 0 aliphatic heterocycles. The molecule has 2 heteroatoms. The Labute approximate surface area is 386 Å². The molecule has 14 rings (SSSR count). The molecule has 1 heterocycles. The summed E-state index contributed by atoms with van der Waals surface area (Å²) in [5.41, 5.74) is 11.4. The van der Waals surface area contributed by atoms with Crippen molar-refractivity contribution < 1.29 is 0 Å². The van der Waals surface area contributed by atoms with Crippen molar-refractivity contribution in [3.05, 3.63) is 242 Å². The largest absolute Gasteiger partial charge is 0.309 e. The minimum Gasteiger partial charge on any atom is -0.309 e. The van der Waals surface area contributed by atoms with Gasteiger partial charge in [-0.05, 0) is 146 Å². The highest BCUT2D eigenvalue weighted by Gasteiger charge is 2.22. The van der Waals surface area contributed by atoms with Crippen LogP contribution in [0.2, 0.25) is 0 Å². The first-order valence-electron chi connectivity index (χ1n) is 22.9. The van der Waals surface area contributed by atoms with Crippen molar-refractivity contribution in [3.63, 3.8) is 0 Å². The van der Waals surface area contributed by atoms with Crippen molar-refractivity contribution in [1.82, 2.24) is 4.57 Å². The fourth-order valence-electron chi connectivity index (χ4n) is 11.3. The van der Waals surface area contributed by atoms with Gasteiger partial charge in [-0.1, -0.05) is 188 Å². The van der Waals surface area contributed by atoms with Crippen LogP contribution in [0, 0.1) is 6.57 Å². The maximum atomic E-state index is 7.40. The average molecular weight is 847 g/mol. The predicted octanol–water partition coefficient (Wildman–Crippen LogP) is 18.4. The van der Waals surface area contributed by atoms with Crippen LogP contribution < -0.4 is 0 Å². The number of benzene rings is 13. The highest BCUT2D eigenvalue weighted by molar-refractivity contribution is 6.34. The van der Waals surface area contributed by atoms with Crippen LogP contribution in [0.4, 0.5) is 5.69 Å². The van der Waals surface area contributed by atoms with E-state index in [1.807, 2.05) is 24.3 Å². The van der Waals surface area contributed by atoms with E-state index in [-0.39, 0.29) is 0 Å². The van der Waals surface area contributed by atoms with Gasteiger partial charge < -0.3 is 4.57 Å². The van der Waals surface area contributed by atoms with Gasteiger partial charge in [-0.3, -0.25) is 0 Å². The predicted molar refractivity (Wildman–Crippen MR) is 286 cm³/mol. The van der Waals surface area contributed by atoms with Gasteiger partial charge in [-0.25, -0.2) is 4.85 Å². The van der Waals surface area contributed by atoms with Crippen molar-refractivity contribution in [1.29, 1.82) is 0 Å². The molecule has 0 aliphatic carbocycles. The first-order chi connectivity index (χ1) is 33.2. The van der Waals surface area contributed by atoms with E-state index in [0.29, 0.717) is 5.69 Å². The van der Waals surface area contributed by atoms with Crippen LogP contribution >= 0.6 is 0 Å². The van der Waals surface area contributed by atoms with Gasteiger partial charge in [0.1, 0.15) is 0 Å². The molecule has 0 spiro atoms. The van der Waals surface area contributed by atoms with Gasteiger partial charge in [-0.2, -0.15) is 0 Å². The minimum absolute atomic E-state index is 0.652. The van der Waals surface area contributed by atoms with Crippen LogP contribution in [0.15, 0.2) is 231 Å². The van der Waals surface area contributed by atoms with Crippen LogP contribution in [-0.2, 0) is 0 Å². The van der Waals surface area contributed by atoms with Crippen molar-refractivity contribution >= 4 is 103 Å². The number of nitrogens with zero attached hydrogens (tertiary/aromatic N) is 2. The zero-order chi connectivity index (χ0) is 44.2. The normalized spacial score (nSPS) is 11.9. The lowest BCUT2D eigenvalue weighted by molar-refractivity contribution is 1.19. The number of para-hydroxylation sites is 1. The van der Waals surface area contributed by atoms with Crippen molar-refractivity contribution in [3.8, 4) is 39.1 Å². The summed E-state index contributed by atoms with van der Waals surface area (Å²) in [5.74, 6) is 0. The molecule has 0 fully saturated rings. The lowest BCUT2D eigenvalue weighted by Crippen LogP contribution is -1.95. The minimum atomic E-state index is 0.652. The second kappa shape index (κ2) is 14.5. The second-order valence-electron chi connectivity index (χ2n) is 17.9. The van der Waals surface area contributed by atoms with Gasteiger partial charge in [0.15, 0.2) is 5.69 Å². The summed E-state index contributed by atoms with van der Waals surface area (Å²) in [7, 11) is 0. The van der Waals surface area contributed by atoms with E-state index in [1.165, 1.54) is 119 Å². The topological polar surface area (TPSA) is 9.29 Å². The molecule has 0 aliphatic rings. The number of rotatable bonds is 4. The zero-order valence-corrected chi connectivity index (χ0v) is 36.3. The SMILES string of the molecule is [C-]#[N+]c1ccc(-c2ccc3ccc(-c4c5ccccc5c(-c5ccc6c(c5)c5ccccc5c5c6ccc6c7cc8ccccc8cc7n(-c7ccccc7)c65)c5ccccc45)cc3c2)cc1. The van der Waals surface area contributed by atoms with Gasteiger partial charge in [0.2, 0.25) is 0 Å². The average Bonchev–Trinajstić information content (AvgIpc) is 3.72. The van der Waals surface area contributed by atoms with Gasteiger partial charge in [0.05, 0.1) is 17.6 Å². The maximum Gasteiger partial charge on any atom is 0.187 e. The van der Waals surface area contributed by atoms with Crippen LogP contribution in [0.1, 0.15) is 0 Å². The van der Waals surface area contributed by atoms with Crippen LogP contribution in [-0.4, -0.2) is 4.57 Å². The van der Waals surface area contributed by atoms with E-state index in [4.69, 9.17) is 6.57 Å². The molecule has 0 radical (unpaired) electrons. The summed E-state index contributed by atoms with van der Waals surface area (Å²) in [6, 6.07) is 84.6. The Morgan fingerprint density at radius 1 is 0.299 bits per heavy atom. The standard InChI is InChI=1S/C65H38N2/c1-66-48-30-27-40(28-31-48)44-25-23-41-24-26-45(36-47(41)35-44)62-53-19-9-11-21-55(53)63(56-22-12-10-20-54(56)62)46-29-32-51-57-33-34-58-60-37-42-13-5-6-14-43(42)39-61(60)67(49-15-3-2-4-16-49)65(58)64(57)52-18-8-7-17-50(52)59(51)38-46/h2-39H. The first-order valence-corrected chi connectivity index (χ1v) is 22.9.